The second-order valence-electron chi connectivity index (χ2n) is 6.27. The zero-order valence-electron chi connectivity index (χ0n) is 13.9. The van der Waals surface area contributed by atoms with Crippen LogP contribution < -0.4 is 16.1 Å². The number of hydrogen-bond acceptors (Lipinski definition) is 3. The Balaban J connectivity index is 1.71. The minimum atomic E-state index is -0.504. The molecule has 1 N–H and O–H groups in total. The van der Waals surface area contributed by atoms with E-state index in [1.54, 1.807) is 4.90 Å². The number of aromatic amines is 1. The number of H-pyrrole nitrogens is 1. The van der Waals surface area contributed by atoms with Crippen LogP contribution in [0.5, 0.6) is 0 Å². The number of anilines is 1. The standard InChI is InChI=1S/C20H17N3O3/c24-17-11-12-22(20(26)21-17)13-16-18(14-7-3-1-4-8-14)23(19(16)25)15-9-5-2-6-10-15/h1-12,16,18H,13H2,(H,21,24,26)/t16-,18+/m1/s1. The van der Waals surface area contributed by atoms with Gasteiger partial charge in [-0.2, -0.15) is 0 Å². The molecule has 1 aromatic heterocycles. The van der Waals surface area contributed by atoms with Gasteiger partial charge < -0.3 is 4.90 Å². The van der Waals surface area contributed by atoms with Crippen molar-refractivity contribution in [2.45, 2.75) is 12.6 Å². The maximum absolute atomic E-state index is 12.9. The summed E-state index contributed by atoms with van der Waals surface area (Å²) in [5.74, 6) is -0.413. The summed E-state index contributed by atoms with van der Waals surface area (Å²) in [6.07, 6.45) is 1.43. The summed E-state index contributed by atoms with van der Waals surface area (Å²) in [6.45, 7) is 0.220. The fourth-order valence-electron chi connectivity index (χ4n) is 3.43. The van der Waals surface area contributed by atoms with Crippen molar-refractivity contribution in [3.63, 3.8) is 0 Å². The van der Waals surface area contributed by atoms with Crippen LogP contribution in [0.4, 0.5) is 5.69 Å². The van der Waals surface area contributed by atoms with Gasteiger partial charge in [-0.1, -0.05) is 48.5 Å². The lowest BCUT2D eigenvalue weighted by Crippen LogP contribution is -2.57. The molecule has 0 aliphatic carbocycles. The van der Waals surface area contributed by atoms with E-state index in [2.05, 4.69) is 4.98 Å². The maximum atomic E-state index is 12.9. The van der Waals surface area contributed by atoms with E-state index >= 15 is 0 Å². The van der Waals surface area contributed by atoms with Crippen LogP contribution in [0.2, 0.25) is 0 Å². The molecular formula is C20H17N3O3. The van der Waals surface area contributed by atoms with E-state index in [4.69, 9.17) is 0 Å². The Labute approximate surface area is 149 Å². The Hall–Kier alpha value is -3.41. The number of carbonyl (C=O) groups excluding carboxylic acids is 1. The van der Waals surface area contributed by atoms with E-state index in [0.717, 1.165) is 11.3 Å². The Morgan fingerprint density at radius 3 is 2.15 bits per heavy atom. The van der Waals surface area contributed by atoms with Crippen LogP contribution in [0.1, 0.15) is 11.6 Å². The number of carbonyl (C=O) groups is 1. The molecule has 0 bridgehead atoms. The van der Waals surface area contributed by atoms with Gasteiger partial charge in [0.05, 0.1) is 12.0 Å². The predicted molar refractivity (Wildman–Crippen MR) is 97.9 cm³/mol. The van der Waals surface area contributed by atoms with E-state index in [0.29, 0.717) is 0 Å². The molecule has 0 saturated carbocycles. The van der Waals surface area contributed by atoms with Gasteiger partial charge in [0, 0.05) is 24.5 Å². The van der Waals surface area contributed by atoms with E-state index in [1.807, 2.05) is 60.7 Å². The first-order valence-electron chi connectivity index (χ1n) is 8.38. The van der Waals surface area contributed by atoms with Gasteiger partial charge in [0.25, 0.3) is 5.56 Å². The van der Waals surface area contributed by atoms with Gasteiger partial charge in [-0.05, 0) is 17.7 Å². The molecule has 6 nitrogen and oxygen atoms in total. The zero-order chi connectivity index (χ0) is 18.1. The molecule has 1 aliphatic heterocycles. The highest BCUT2D eigenvalue weighted by Crippen LogP contribution is 2.43. The molecule has 0 radical (unpaired) electrons. The van der Waals surface area contributed by atoms with Crippen LogP contribution in [0.15, 0.2) is 82.5 Å². The highest BCUT2D eigenvalue weighted by Gasteiger charge is 2.48. The molecule has 2 aromatic carbocycles. The van der Waals surface area contributed by atoms with E-state index in [9.17, 15) is 14.4 Å². The second-order valence-corrected chi connectivity index (χ2v) is 6.27. The molecule has 130 valence electrons. The number of amides is 1. The second kappa shape index (κ2) is 6.48. The van der Waals surface area contributed by atoms with Gasteiger partial charge in [0.15, 0.2) is 0 Å². The van der Waals surface area contributed by atoms with Crippen LogP contribution in [-0.2, 0) is 11.3 Å². The third kappa shape index (κ3) is 2.75. The third-order valence-corrected chi connectivity index (χ3v) is 4.68. The molecule has 1 fully saturated rings. The Morgan fingerprint density at radius 2 is 1.50 bits per heavy atom. The summed E-state index contributed by atoms with van der Waals surface area (Å²) >= 11 is 0. The van der Waals surface area contributed by atoms with Gasteiger partial charge in [-0.15, -0.1) is 0 Å². The van der Waals surface area contributed by atoms with Gasteiger partial charge in [-0.3, -0.25) is 19.1 Å². The molecule has 2 atom stereocenters. The molecule has 2 heterocycles. The number of nitrogens with zero attached hydrogens (tertiary/aromatic N) is 2. The summed E-state index contributed by atoms with van der Waals surface area (Å²) in [7, 11) is 0. The van der Waals surface area contributed by atoms with Gasteiger partial charge in [0.2, 0.25) is 5.91 Å². The van der Waals surface area contributed by atoms with Crippen molar-refractivity contribution in [3.8, 4) is 0 Å². The van der Waals surface area contributed by atoms with Crippen molar-refractivity contribution >= 4 is 11.6 Å². The minimum absolute atomic E-state index is 0.0387. The Bertz CT molecular complexity index is 1040. The number of benzene rings is 2. The fraction of sp³-hybridized carbons (Fsp3) is 0.150. The summed E-state index contributed by atoms with van der Waals surface area (Å²) in [5, 5.41) is 0. The van der Waals surface area contributed by atoms with Crippen LogP contribution in [0, 0.1) is 5.92 Å². The molecule has 6 heteroatoms. The molecule has 1 saturated heterocycles. The number of β-lactam (4-membered cyclic amide) rings is 1. The van der Waals surface area contributed by atoms with Crippen LogP contribution >= 0.6 is 0 Å². The Kier molecular flexibility index (Phi) is 4.01. The molecule has 1 amide bonds. The molecule has 0 spiro atoms. The molecule has 1 aliphatic rings. The SMILES string of the molecule is O=C1[C@H](Cn2ccc(=O)[nH]c2=O)[C@H](c2ccccc2)N1c1ccccc1. The minimum Gasteiger partial charge on any atom is -0.304 e. The molecular weight excluding hydrogens is 330 g/mol. The fourth-order valence-corrected chi connectivity index (χ4v) is 3.43. The number of hydrogen-bond donors (Lipinski definition) is 1. The Morgan fingerprint density at radius 1 is 0.846 bits per heavy atom. The normalized spacial score (nSPS) is 19.2. The summed E-state index contributed by atoms with van der Waals surface area (Å²) in [4.78, 5) is 40.1. The van der Waals surface area contributed by atoms with Crippen molar-refractivity contribution < 1.29 is 4.79 Å². The summed E-state index contributed by atoms with van der Waals surface area (Å²) in [6, 6.07) is 20.4. The lowest BCUT2D eigenvalue weighted by atomic mass is 9.81. The molecule has 3 aromatic rings. The van der Waals surface area contributed by atoms with Crippen LogP contribution in [0.25, 0.3) is 0 Å². The number of aromatic nitrogens is 2. The maximum Gasteiger partial charge on any atom is 0.328 e. The first-order chi connectivity index (χ1) is 12.6. The number of nitrogens with one attached hydrogen (secondary N) is 1. The van der Waals surface area contributed by atoms with Crippen molar-refractivity contribution in [3.05, 3.63) is 99.3 Å². The zero-order valence-corrected chi connectivity index (χ0v) is 13.9. The third-order valence-electron chi connectivity index (χ3n) is 4.68. The highest BCUT2D eigenvalue weighted by molar-refractivity contribution is 6.03. The van der Waals surface area contributed by atoms with Crippen molar-refractivity contribution in [2.75, 3.05) is 4.90 Å². The first-order valence-corrected chi connectivity index (χ1v) is 8.38. The topological polar surface area (TPSA) is 75.2 Å². The predicted octanol–water partition coefficient (Wildman–Crippen LogP) is 1.94. The lowest BCUT2D eigenvalue weighted by Gasteiger charge is -2.47. The number of rotatable bonds is 4. The molecule has 4 rings (SSSR count). The average molecular weight is 347 g/mol. The van der Waals surface area contributed by atoms with Gasteiger partial charge in [0.1, 0.15) is 0 Å². The van der Waals surface area contributed by atoms with E-state index in [-0.39, 0.29) is 24.4 Å². The van der Waals surface area contributed by atoms with Crippen molar-refractivity contribution in [2.24, 2.45) is 5.92 Å². The highest BCUT2D eigenvalue weighted by atomic mass is 16.2. The van der Waals surface area contributed by atoms with Crippen molar-refractivity contribution in [1.82, 2.24) is 9.55 Å². The summed E-state index contributed by atoms with van der Waals surface area (Å²) < 4.78 is 1.38. The molecule has 26 heavy (non-hydrogen) atoms. The summed E-state index contributed by atoms with van der Waals surface area (Å²) in [5.41, 5.74) is 0.891. The number of para-hydroxylation sites is 1. The van der Waals surface area contributed by atoms with Gasteiger partial charge >= 0.3 is 5.69 Å². The first kappa shape index (κ1) is 16.1. The smallest absolute Gasteiger partial charge is 0.304 e. The lowest BCUT2D eigenvalue weighted by molar-refractivity contribution is -0.131. The quantitative estimate of drug-likeness (QED) is 0.733. The van der Waals surface area contributed by atoms with E-state index < -0.39 is 11.2 Å². The molecule has 0 unspecified atom stereocenters. The van der Waals surface area contributed by atoms with E-state index in [1.165, 1.54) is 16.8 Å². The van der Waals surface area contributed by atoms with Crippen LogP contribution in [0.3, 0.4) is 0 Å². The largest absolute Gasteiger partial charge is 0.328 e. The average Bonchev–Trinajstić information content (AvgIpc) is 2.66. The van der Waals surface area contributed by atoms with Gasteiger partial charge in [-0.25, -0.2) is 4.79 Å². The van der Waals surface area contributed by atoms with Crippen molar-refractivity contribution in [1.29, 1.82) is 0 Å². The van der Waals surface area contributed by atoms with Crippen LogP contribution in [-0.4, -0.2) is 15.5 Å². The monoisotopic (exact) mass is 347 g/mol.